The highest BCUT2D eigenvalue weighted by molar-refractivity contribution is 4.62. The third-order valence-corrected chi connectivity index (χ3v) is 2.53. The van der Waals surface area contributed by atoms with Crippen LogP contribution in [0.5, 0.6) is 0 Å². The molecule has 132 valence electrons. The number of hydrogen-bond acceptors (Lipinski definition) is 9. The zero-order valence-electron chi connectivity index (χ0n) is 13.2. The van der Waals surface area contributed by atoms with E-state index in [4.69, 9.17) is 0 Å². The Bertz CT molecular complexity index is 226. The maximum atomic E-state index is 4.65. The van der Waals surface area contributed by atoms with Crippen LogP contribution in [0.3, 0.4) is 0 Å². The molecule has 0 bridgehead atoms. The Morgan fingerprint density at radius 3 is 1.82 bits per heavy atom. The van der Waals surface area contributed by atoms with Crippen LogP contribution in [0.15, 0.2) is 12.3 Å². The van der Waals surface area contributed by atoms with E-state index in [1.54, 1.807) is 13.0 Å². The predicted octanol–water partition coefficient (Wildman–Crippen LogP) is 4.13. The Hall–Kier alpha value is -0.780. The molecule has 0 heterocycles. The summed E-state index contributed by atoms with van der Waals surface area (Å²) in [6, 6.07) is 0. The zero-order valence-corrected chi connectivity index (χ0v) is 13.2. The number of allylic oxidation sites excluding steroid dienone is 1. The topological polar surface area (TPSA) is 83.1 Å². The molecule has 0 N–H and O–H groups in total. The van der Waals surface area contributed by atoms with Crippen molar-refractivity contribution in [1.29, 1.82) is 0 Å². The van der Waals surface area contributed by atoms with Crippen molar-refractivity contribution in [2.45, 2.75) is 65.2 Å². The van der Waals surface area contributed by atoms with Crippen molar-refractivity contribution in [3.8, 4) is 0 Å². The predicted molar refractivity (Wildman–Crippen MR) is 72.1 cm³/mol. The Balaban J connectivity index is 2.94. The standard InChI is InChI=1S/C13H26O9/c1-3-5-6-7-8-9-10-11-13-15-17-19-21-22-20-18-16-14-12-4-2/h4,12H,3,5-11,13H2,1-2H3. The smallest absolute Gasteiger partial charge is 0.128 e. The van der Waals surface area contributed by atoms with Gasteiger partial charge in [0.25, 0.3) is 0 Å². The highest BCUT2D eigenvalue weighted by Gasteiger charge is 1.96. The van der Waals surface area contributed by atoms with E-state index < -0.39 is 0 Å². The second kappa shape index (κ2) is 20.2. The monoisotopic (exact) mass is 326 g/mol. The highest BCUT2D eigenvalue weighted by Crippen LogP contribution is 2.08. The second-order valence-corrected chi connectivity index (χ2v) is 4.34. The van der Waals surface area contributed by atoms with E-state index in [1.807, 2.05) is 0 Å². The van der Waals surface area contributed by atoms with Gasteiger partial charge in [-0.1, -0.05) is 51.9 Å². The Morgan fingerprint density at radius 2 is 1.18 bits per heavy atom. The lowest BCUT2D eigenvalue weighted by molar-refractivity contribution is -0.829. The minimum Gasteiger partial charge on any atom is -0.314 e. The molecule has 0 spiro atoms. The molecule has 0 radical (unpaired) electrons. The fraction of sp³-hybridized carbons (Fsp3) is 0.846. The van der Waals surface area contributed by atoms with Crippen LogP contribution in [-0.2, 0) is 45.0 Å². The van der Waals surface area contributed by atoms with Gasteiger partial charge in [0.1, 0.15) is 6.26 Å². The molecule has 22 heavy (non-hydrogen) atoms. The largest absolute Gasteiger partial charge is 0.314 e. The molecule has 0 aromatic heterocycles. The van der Waals surface area contributed by atoms with Crippen LogP contribution in [0.25, 0.3) is 0 Å². The maximum Gasteiger partial charge on any atom is 0.128 e. The van der Waals surface area contributed by atoms with Crippen molar-refractivity contribution in [2.75, 3.05) is 6.61 Å². The van der Waals surface area contributed by atoms with Crippen molar-refractivity contribution >= 4 is 0 Å². The fourth-order valence-corrected chi connectivity index (χ4v) is 1.50. The fourth-order valence-electron chi connectivity index (χ4n) is 1.50. The van der Waals surface area contributed by atoms with Crippen LogP contribution >= 0.6 is 0 Å². The summed E-state index contributed by atoms with van der Waals surface area (Å²) in [7, 11) is 0. The summed E-state index contributed by atoms with van der Waals surface area (Å²) in [4.78, 5) is 8.89. The first kappa shape index (κ1) is 21.2. The van der Waals surface area contributed by atoms with Crippen molar-refractivity contribution in [1.82, 2.24) is 0 Å². The lowest BCUT2D eigenvalue weighted by atomic mass is 10.1. The minimum atomic E-state index is 0.385. The van der Waals surface area contributed by atoms with Crippen molar-refractivity contribution in [2.24, 2.45) is 0 Å². The molecule has 0 saturated heterocycles. The van der Waals surface area contributed by atoms with Crippen molar-refractivity contribution < 1.29 is 45.0 Å². The zero-order chi connectivity index (χ0) is 16.1. The molecule has 9 heteroatoms. The molecular weight excluding hydrogens is 300 g/mol. The first-order chi connectivity index (χ1) is 10.9. The molecule has 0 atom stereocenters. The number of unbranched alkanes of at least 4 members (excludes halogenated alkanes) is 7. The molecule has 0 aliphatic carbocycles. The van der Waals surface area contributed by atoms with E-state index >= 15 is 0 Å². The van der Waals surface area contributed by atoms with Gasteiger partial charge in [-0.2, -0.15) is 0 Å². The molecule has 9 nitrogen and oxygen atoms in total. The molecule has 0 fully saturated rings. The number of hydrogen-bond donors (Lipinski definition) is 0. The van der Waals surface area contributed by atoms with Crippen LogP contribution in [0.1, 0.15) is 65.2 Å². The van der Waals surface area contributed by atoms with Gasteiger partial charge in [0.2, 0.25) is 0 Å². The quantitative estimate of drug-likeness (QED) is 0.160. The summed E-state index contributed by atoms with van der Waals surface area (Å²) in [6.45, 7) is 4.30. The van der Waals surface area contributed by atoms with Crippen LogP contribution < -0.4 is 0 Å². The second-order valence-electron chi connectivity index (χ2n) is 4.34. The summed E-state index contributed by atoms with van der Waals surface area (Å²) >= 11 is 0. The minimum absolute atomic E-state index is 0.385. The van der Waals surface area contributed by atoms with Gasteiger partial charge in [0.15, 0.2) is 0 Å². The molecular formula is C13H26O9. The van der Waals surface area contributed by atoms with Gasteiger partial charge in [-0.15, -0.1) is 0 Å². The van der Waals surface area contributed by atoms with Crippen LogP contribution in [0.2, 0.25) is 0 Å². The summed E-state index contributed by atoms with van der Waals surface area (Å²) < 4.78 is 0. The highest BCUT2D eigenvalue weighted by atomic mass is 17.9. The van der Waals surface area contributed by atoms with Crippen molar-refractivity contribution in [3.63, 3.8) is 0 Å². The van der Waals surface area contributed by atoms with Gasteiger partial charge < -0.3 is 4.89 Å². The first-order valence-corrected chi connectivity index (χ1v) is 7.48. The number of rotatable bonds is 18. The third-order valence-electron chi connectivity index (χ3n) is 2.53. The normalized spacial score (nSPS) is 11.4. The van der Waals surface area contributed by atoms with Crippen LogP contribution in [0.4, 0.5) is 0 Å². The van der Waals surface area contributed by atoms with E-state index in [2.05, 4.69) is 52.0 Å². The van der Waals surface area contributed by atoms with Crippen molar-refractivity contribution in [3.05, 3.63) is 12.3 Å². The summed E-state index contributed by atoms with van der Waals surface area (Å²) in [5.74, 6) is 0. The van der Waals surface area contributed by atoms with Gasteiger partial charge in [-0.05, 0) is 34.5 Å². The van der Waals surface area contributed by atoms with Gasteiger partial charge in [-0.25, -0.2) is 4.89 Å². The summed E-state index contributed by atoms with van der Waals surface area (Å²) in [5, 5.41) is 27.5. The SMILES string of the molecule is CC=COOOOOOOOOCCCCCCCCCC. The Labute approximate surface area is 130 Å². The third kappa shape index (κ3) is 19.2. The van der Waals surface area contributed by atoms with E-state index in [9.17, 15) is 0 Å². The molecule has 0 aliphatic heterocycles. The van der Waals surface area contributed by atoms with Gasteiger partial charge in [0.05, 0.1) is 6.61 Å². The Morgan fingerprint density at radius 1 is 0.636 bits per heavy atom. The molecule has 0 aliphatic rings. The van der Waals surface area contributed by atoms with Gasteiger partial charge in [0, 0.05) is 20.2 Å². The first-order valence-electron chi connectivity index (χ1n) is 7.48. The van der Waals surface area contributed by atoms with Gasteiger partial charge in [-0.3, -0.25) is 0 Å². The molecule has 0 aromatic carbocycles. The van der Waals surface area contributed by atoms with Crippen LogP contribution in [0, 0.1) is 0 Å². The maximum absolute atomic E-state index is 4.65. The van der Waals surface area contributed by atoms with Gasteiger partial charge >= 0.3 is 0 Å². The van der Waals surface area contributed by atoms with E-state index in [-0.39, 0.29) is 0 Å². The van der Waals surface area contributed by atoms with E-state index in [0.717, 1.165) is 12.8 Å². The average Bonchev–Trinajstić information content (AvgIpc) is 2.54. The molecule has 0 aromatic rings. The average molecular weight is 326 g/mol. The van der Waals surface area contributed by atoms with Crippen LogP contribution in [-0.4, -0.2) is 6.61 Å². The lowest BCUT2D eigenvalue weighted by Crippen LogP contribution is -2.02. The van der Waals surface area contributed by atoms with E-state index in [1.165, 1.54) is 44.8 Å². The Kier molecular flexibility index (Phi) is 19.5. The molecule has 0 unspecified atom stereocenters. The summed E-state index contributed by atoms with van der Waals surface area (Å²) in [6.07, 6.45) is 12.3. The molecule has 0 rings (SSSR count). The summed E-state index contributed by atoms with van der Waals surface area (Å²) in [5.41, 5.74) is 0. The molecule has 0 amide bonds. The molecule has 0 saturated carbocycles. The lowest BCUT2D eigenvalue weighted by Gasteiger charge is -2.02. The van der Waals surface area contributed by atoms with E-state index in [0.29, 0.717) is 6.61 Å².